The van der Waals surface area contributed by atoms with E-state index in [1.54, 1.807) is 17.4 Å². The quantitative estimate of drug-likeness (QED) is 0.910. The summed E-state index contributed by atoms with van der Waals surface area (Å²) in [4.78, 5) is 12.4. The van der Waals surface area contributed by atoms with Crippen molar-refractivity contribution in [3.05, 3.63) is 45.4 Å². The highest BCUT2D eigenvalue weighted by Gasteiger charge is 2.21. The van der Waals surface area contributed by atoms with Gasteiger partial charge in [0.15, 0.2) is 0 Å². The highest BCUT2D eigenvalue weighted by Crippen LogP contribution is 2.30. The van der Waals surface area contributed by atoms with Gasteiger partial charge in [-0.3, -0.25) is 0 Å². The molecular formula is C14H17NO2S. The van der Waals surface area contributed by atoms with Crippen LogP contribution in [0.2, 0.25) is 0 Å². The molecule has 0 aliphatic heterocycles. The summed E-state index contributed by atoms with van der Waals surface area (Å²) in [6.45, 7) is 5.98. The first-order valence-corrected chi connectivity index (χ1v) is 6.89. The number of carboxylic acids is 1. The third-order valence-corrected chi connectivity index (χ3v) is 4.26. The van der Waals surface area contributed by atoms with E-state index in [4.69, 9.17) is 0 Å². The Balaban J connectivity index is 2.53. The molecule has 2 heterocycles. The number of carbonyl (C=O) groups is 1. The van der Waals surface area contributed by atoms with Gasteiger partial charge in [-0.1, -0.05) is 13.0 Å². The van der Waals surface area contributed by atoms with Crippen molar-refractivity contribution >= 4 is 17.3 Å². The van der Waals surface area contributed by atoms with Crippen LogP contribution in [0.4, 0.5) is 0 Å². The fourth-order valence-corrected chi connectivity index (χ4v) is 3.37. The molecule has 1 atom stereocenters. The van der Waals surface area contributed by atoms with Crippen LogP contribution in [0.25, 0.3) is 0 Å². The third kappa shape index (κ3) is 2.08. The van der Waals surface area contributed by atoms with Gasteiger partial charge in [0.25, 0.3) is 0 Å². The van der Waals surface area contributed by atoms with E-state index in [2.05, 4.69) is 22.9 Å². The number of aromatic carboxylic acids is 1. The lowest BCUT2D eigenvalue weighted by Gasteiger charge is -2.20. The molecule has 2 rings (SSSR count). The van der Waals surface area contributed by atoms with Crippen molar-refractivity contribution in [1.82, 2.24) is 4.57 Å². The van der Waals surface area contributed by atoms with E-state index < -0.39 is 5.97 Å². The zero-order valence-corrected chi connectivity index (χ0v) is 11.6. The van der Waals surface area contributed by atoms with Gasteiger partial charge in [-0.2, -0.15) is 0 Å². The number of aryl methyl sites for hydroxylation is 1. The van der Waals surface area contributed by atoms with Crippen LogP contribution in [-0.4, -0.2) is 15.6 Å². The number of rotatable bonds is 4. The Kier molecular flexibility index (Phi) is 3.57. The molecular weight excluding hydrogens is 246 g/mol. The third-order valence-electron chi connectivity index (χ3n) is 3.28. The molecule has 0 aliphatic carbocycles. The Morgan fingerprint density at radius 1 is 1.50 bits per heavy atom. The molecule has 0 bridgehead atoms. The summed E-state index contributed by atoms with van der Waals surface area (Å²) >= 11 is 1.72. The predicted octanol–water partition coefficient (Wildman–Crippen LogP) is 3.86. The van der Waals surface area contributed by atoms with Gasteiger partial charge in [-0.15, -0.1) is 11.3 Å². The van der Waals surface area contributed by atoms with Crippen molar-refractivity contribution in [2.45, 2.75) is 33.2 Å². The van der Waals surface area contributed by atoms with E-state index >= 15 is 0 Å². The summed E-state index contributed by atoms with van der Waals surface area (Å²) < 4.78 is 2.13. The fourth-order valence-electron chi connectivity index (χ4n) is 2.47. The van der Waals surface area contributed by atoms with Crippen molar-refractivity contribution in [3.8, 4) is 0 Å². The number of aromatic nitrogens is 1. The molecule has 1 N–H and O–H groups in total. The van der Waals surface area contributed by atoms with Crippen LogP contribution in [0.15, 0.2) is 23.6 Å². The average Bonchev–Trinajstić information content (AvgIpc) is 2.92. The molecule has 0 spiro atoms. The minimum atomic E-state index is -0.851. The zero-order valence-electron chi connectivity index (χ0n) is 10.8. The Hall–Kier alpha value is -1.55. The molecule has 3 nitrogen and oxygen atoms in total. The Labute approximate surface area is 111 Å². The minimum absolute atomic E-state index is 0.234. The van der Waals surface area contributed by atoms with Crippen molar-refractivity contribution in [3.63, 3.8) is 0 Å². The lowest BCUT2D eigenvalue weighted by atomic mass is 10.1. The monoisotopic (exact) mass is 263 g/mol. The molecule has 2 aromatic heterocycles. The lowest BCUT2D eigenvalue weighted by Crippen LogP contribution is -2.12. The molecule has 0 amide bonds. The lowest BCUT2D eigenvalue weighted by molar-refractivity contribution is 0.0696. The topological polar surface area (TPSA) is 42.2 Å². The molecule has 0 radical (unpaired) electrons. The largest absolute Gasteiger partial charge is 0.478 e. The predicted molar refractivity (Wildman–Crippen MR) is 73.6 cm³/mol. The van der Waals surface area contributed by atoms with Gasteiger partial charge in [-0.05, 0) is 37.8 Å². The second-order valence-corrected chi connectivity index (χ2v) is 5.38. The number of hydrogen-bond donors (Lipinski definition) is 1. The first kappa shape index (κ1) is 12.9. The van der Waals surface area contributed by atoms with Crippen LogP contribution in [-0.2, 0) is 0 Å². The Morgan fingerprint density at radius 2 is 2.22 bits per heavy atom. The maximum atomic E-state index is 11.2. The molecule has 0 fully saturated rings. The van der Waals surface area contributed by atoms with Gasteiger partial charge in [-0.25, -0.2) is 4.79 Å². The molecule has 0 aromatic carbocycles. The SMILES string of the molecule is CCC(c1cccs1)n1c(C)cc(C(=O)O)c1C. The normalized spacial score (nSPS) is 12.6. The van der Waals surface area contributed by atoms with Crippen molar-refractivity contribution in [1.29, 1.82) is 0 Å². The van der Waals surface area contributed by atoms with Crippen LogP contribution in [0, 0.1) is 13.8 Å². The summed E-state index contributed by atoms with van der Waals surface area (Å²) in [6, 6.07) is 6.14. The van der Waals surface area contributed by atoms with E-state index in [0.29, 0.717) is 5.56 Å². The van der Waals surface area contributed by atoms with E-state index in [0.717, 1.165) is 17.8 Å². The molecule has 4 heteroatoms. The van der Waals surface area contributed by atoms with E-state index in [-0.39, 0.29) is 6.04 Å². The van der Waals surface area contributed by atoms with Gasteiger partial charge in [0.1, 0.15) is 0 Å². The summed E-state index contributed by atoms with van der Waals surface area (Å²) in [6.07, 6.45) is 0.954. The minimum Gasteiger partial charge on any atom is -0.478 e. The van der Waals surface area contributed by atoms with Crippen LogP contribution >= 0.6 is 11.3 Å². The molecule has 96 valence electrons. The maximum Gasteiger partial charge on any atom is 0.337 e. The second-order valence-electron chi connectivity index (χ2n) is 4.40. The standard InChI is InChI=1S/C14H17NO2S/c1-4-12(13-6-5-7-18-13)15-9(2)8-11(10(15)3)14(16)17/h5-8,12H,4H2,1-3H3,(H,16,17). The molecule has 0 saturated carbocycles. The zero-order chi connectivity index (χ0) is 13.3. The number of carboxylic acid groups (broad SMARTS) is 1. The smallest absolute Gasteiger partial charge is 0.337 e. The van der Waals surface area contributed by atoms with E-state index in [1.807, 2.05) is 19.9 Å². The maximum absolute atomic E-state index is 11.2. The molecule has 2 aromatic rings. The van der Waals surface area contributed by atoms with Crippen molar-refractivity contribution in [2.75, 3.05) is 0 Å². The number of thiophene rings is 1. The first-order valence-electron chi connectivity index (χ1n) is 6.01. The van der Waals surface area contributed by atoms with E-state index in [1.165, 1.54) is 4.88 Å². The van der Waals surface area contributed by atoms with Crippen LogP contribution in [0.3, 0.4) is 0 Å². The van der Waals surface area contributed by atoms with Gasteiger partial charge in [0.2, 0.25) is 0 Å². The molecule has 0 saturated heterocycles. The summed E-state index contributed by atoms with van der Waals surface area (Å²) in [5.74, 6) is -0.851. The molecule has 1 unspecified atom stereocenters. The highest BCUT2D eigenvalue weighted by atomic mass is 32.1. The van der Waals surface area contributed by atoms with Crippen molar-refractivity contribution in [2.24, 2.45) is 0 Å². The highest BCUT2D eigenvalue weighted by molar-refractivity contribution is 7.10. The number of nitrogens with zero attached hydrogens (tertiary/aromatic N) is 1. The van der Waals surface area contributed by atoms with Gasteiger partial charge >= 0.3 is 5.97 Å². The van der Waals surface area contributed by atoms with Crippen molar-refractivity contribution < 1.29 is 9.90 Å². The van der Waals surface area contributed by atoms with Gasteiger partial charge in [0, 0.05) is 16.3 Å². The fraction of sp³-hybridized carbons (Fsp3) is 0.357. The van der Waals surface area contributed by atoms with E-state index in [9.17, 15) is 9.90 Å². The molecule has 18 heavy (non-hydrogen) atoms. The molecule has 0 aliphatic rings. The Bertz CT molecular complexity index is 555. The first-order chi connectivity index (χ1) is 8.56. The summed E-state index contributed by atoms with van der Waals surface area (Å²) in [5.41, 5.74) is 2.24. The number of hydrogen-bond acceptors (Lipinski definition) is 2. The Morgan fingerprint density at radius 3 is 2.67 bits per heavy atom. The summed E-state index contributed by atoms with van der Waals surface area (Å²) in [7, 11) is 0. The van der Waals surface area contributed by atoms with Gasteiger partial charge < -0.3 is 9.67 Å². The second kappa shape index (κ2) is 4.98. The van der Waals surface area contributed by atoms with Gasteiger partial charge in [0.05, 0.1) is 11.6 Å². The van der Waals surface area contributed by atoms with Crippen LogP contribution in [0.1, 0.15) is 46.0 Å². The average molecular weight is 263 g/mol. The van der Waals surface area contributed by atoms with Crippen LogP contribution in [0.5, 0.6) is 0 Å². The summed E-state index contributed by atoms with van der Waals surface area (Å²) in [5, 5.41) is 11.2. The van der Waals surface area contributed by atoms with Crippen LogP contribution < -0.4 is 0 Å².